The molecule has 1 aromatic heterocycles. The number of hydrogen-bond acceptors (Lipinski definition) is 3. The Morgan fingerprint density at radius 3 is 2.75 bits per heavy atom. The fraction of sp³-hybridized carbons (Fsp3) is 0.333. The van der Waals surface area contributed by atoms with Crippen molar-refractivity contribution in [3.05, 3.63) is 36.0 Å². The summed E-state index contributed by atoms with van der Waals surface area (Å²) in [6, 6.07) is 6.46. The quantitative estimate of drug-likeness (QED) is 0.777. The number of aromatic nitrogens is 2. The van der Waals surface area contributed by atoms with Gasteiger partial charge in [0.05, 0.1) is 5.56 Å². The summed E-state index contributed by atoms with van der Waals surface area (Å²) in [6.07, 6.45) is 3.40. The normalized spacial score (nSPS) is 16.1. The maximum absolute atomic E-state index is 13.5. The van der Waals surface area contributed by atoms with E-state index in [4.69, 9.17) is 4.52 Å². The molecule has 1 aromatic carbocycles. The Labute approximate surface area is 92.3 Å². The molecule has 0 radical (unpaired) electrons. The summed E-state index contributed by atoms with van der Waals surface area (Å²) in [7, 11) is 0. The second-order valence-corrected chi connectivity index (χ2v) is 4.06. The highest BCUT2D eigenvalue weighted by molar-refractivity contribution is 5.54. The van der Waals surface area contributed by atoms with Crippen LogP contribution in [0.4, 0.5) is 4.39 Å². The van der Waals surface area contributed by atoms with Gasteiger partial charge < -0.3 is 4.52 Å². The zero-order valence-corrected chi connectivity index (χ0v) is 8.69. The van der Waals surface area contributed by atoms with E-state index in [1.54, 1.807) is 18.2 Å². The van der Waals surface area contributed by atoms with Gasteiger partial charge in [-0.1, -0.05) is 23.7 Å². The molecule has 3 nitrogen and oxygen atoms in total. The first-order valence-corrected chi connectivity index (χ1v) is 5.43. The summed E-state index contributed by atoms with van der Waals surface area (Å²) in [5, 5.41) is 3.82. The largest absolute Gasteiger partial charge is 0.339 e. The van der Waals surface area contributed by atoms with Gasteiger partial charge in [0.15, 0.2) is 0 Å². The van der Waals surface area contributed by atoms with Crippen LogP contribution in [0, 0.1) is 5.82 Å². The average Bonchev–Trinajstić information content (AvgIpc) is 2.65. The smallest absolute Gasteiger partial charge is 0.230 e. The molecule has 4 heteroatoms. The highest BCUT2D eigenvalue weighted by Crippen LogP contribution is 2.36. The van der Waals surface area contributed by atoms with Gasteiger partial charge in [-0.15, -0.1) is 0 Å². The molecule has 0 saturated heterocycles. The third-order valence-corrected chi connectivity index (χ3v) is 3.01. The molecule has 16 heavy (non-hydrogen) atoms. The molecule has 1 aliphatic carbocycles. The van der Waals surface area contributed by atoms with E-state index in [9.17, 15) is 4.39 Å². The Bertz CT molecular complexity index is 505. The molecule has 1 fully saturated rings. The topological polar surface area (TPSA) is 38.9 Å². The number of halogens is 1. The standard InChI is InChI=1S/C12H11FN2O/c13-10-7-2-1-6-9(10)11-14-12(16-15-11)8-4-3-5-8/h1-2,6-8H,3-5H2. The minimum absolute atomic E-state index is 0.316. The van der Waals surface area contributed by atoms with E-state index in [0.29, 0.717) is 23.2 Å². The van der Waals surface area contributed by atoms with Crippen LogP contribution in [0.3, 0.4) is 0 Å². The van der Waals surface area contributed by atoms with Gasteiger partial charge in [0, 0.05) is 5.92 Å². The zero-order valence-electron chi connectivity index (χ0n) is 8.69. The van der Waals surface area contributed by atoms with Crippen molar-refractivity contribution in [2.75, 3.05) is 0 Å². The highest BCUT2D eigenvalue weighted by atomic mass is 19.1. The number of nitrogens with zero attached hydrogens (tertiary/aromatic N) is 2. The summed E-state index contributed by atoms with van der Waals surface area (Å²) in [5.74, 6) is 1.06. The van der Waals surface area contributed by atoms with E-state index >= 15 is 0 Å². The monoisotopic (exact) mass is 218 g/mol. The Morgan fingerprint density at radius 1 is 1.25 bits per heavy atom. The van der Waals surface area contributed by atoms with Crippen LogP contribution in [0.1, 0.15) is 31.1 Å². The maximum atomic E-state index is 13.5. The Hall–Kier alpha value is -1.71. The molecule has 0 amide bonds. The van der Waals surface area contributed by atoms with Crippen LogP contribution >= 0.6 is 0 Å². The molecule has 0 atom stereocenters. The lowest BCUT2D eigenvalue weighted by Gasteiger charge is -2.20. The van der Waals surface area contributed by atoms with E-state index in [-0.39, 0.29) is 5.82 Å². The van der Waals surface area contributed by atoms with Crippen LogP contribution in [0.15, 0.2) is 28.8 Å². The first-order valence-electron chi connectivity index (χ1n) is 5.43. The van der Waals surface area contributed by atoms with E-state index < -0.39 is 0 Å². The van der Waals surface area contributed by atoms with Crippen molar-refractivity contribution < 1.29 is 8.91 Å². The molecule has 82 valence electrons. The molecular formula is C12H11FN2O. The first-order chi connectivity index (χ1) is 7.84. The molecular weight excluding hydrogens is 207 g/mol. The number of hydrogen-bond donors (Lipinski definition) is 0. The van der Waals surface area contributed by atoms with Crippen LogP contribution in [0.5, 0.6) is 0 Å². The van der Waals surface area contributed by atoms with Gasteiger partial charge in [0.1, 0.15) is 5.82 Å². The molecule has 1 heterocycles. The van der Waals surface area contributed by atoms with Crippen LogP contribution in [-0.2, 0) is 0 Å². The lowest BCUT2D eigenvalue weighted by atomic mass is 9.85. The van der Waals surface area contributed by atoms with Crippen LogP contribution in [-0.4, -0.2) is 10.1 Å². The summed E-state index contributed by atoms with van der Waals surface area (Å²) >= 11 is 0. The molecule has 3 rings (SSSR count). The maximum Gasteiger partial charge on any atom is 0.230 e. The third-order valence-electron chi connectivity index (χ3n) is 3.01. The third kappa shape index (κ3) is 1.50. The molecule has 0 bridgehead atoms. The molecule has 1 saturated carbocycles. The molecule has 0 unspecified atom stereocenters. The van der Waals surface area contributed by atoms with E-state index in [1.165, 1.54) is 12.5 Å². The lowest BCUT2D eigenvalue weighted by Crippen LogP contribution is -2.08. The molecule has 0 spiro atoms. The van der Waals surface area contributed by atoms with Gasteiger partial charge >= 0.3 is 0 Å². The molecule has 0 N–H and O–H groups in total. The summed E-state index contributed by atoms with van der Waals surface area (Å²) in [5.41, 5.74) is 0.400. The average molecular weight is 218 g/mol. The van der Waals surface area contributed by atoms with Crippen LogP contribution < -0.4 is 0 Å². The highest BCUT2D eigenvalue weighted by Gasteiger charge is 2.25. The Kier molecular flexibility index (Phi) is 2.20. The van der Waals surface area contributed by atoms with Gasteiger partial charge in [0.25, 0.3) is 0 Å². The van der Waals surface area contributed by atoms with Crippen molar-refractivity contribution in [3.63, 3.8) is 0 Å². The predicted octanol–water partition coefficient (Wildman–Crippen LogP) is 3.14. The van der Waals surface area contributed by atoms with Gasteiger partial charge in [-0.05, 0) is 25.0 Å². The number of benzene rings is 1. The van der Waals surface area contributed by atoms with Gasteiger partial charge in [-0.25, -0.2) is 4.39 Å². The first kappa shape index (κ1) is 9.51. The van der Waals surface area contributed by atoms with Crippen molar-refractivity contribution in [1.82, 2.24) is 10.1 Å². The van der Waals surface area contributed by atoms with Crippen LogP contribution in [0.2, 0.25) is 0 Å². The van der Waals surface area contributed by atoms with Gasteiger partial charge in [-0.3, -0.25) is 0 Å². The zero-order chi connectivity index (χ0) is 11.0. The van der Waals surface area contributed by atoms with Crippen molar-refractivity contribution in [2.24, 2.45) is 0 Å². The fourth-order valence-corrected chi connectivity index (χ4v) is 1.81. The second kappa shape index (κ2) is 3.70. The van der Waals surface area contributed by atoms with Gasteiger partial charge in [0.2, 0.25) is 11.7 Å². The molecule has 1 aliphatic rings. The van der Waals surface area contributed by atoms with Crippen molar-refractivity contribution in [3.8, 4) is 11.4 Å². The minimum atomic E-state index is -0.316. The minimum Gasteiger partial charge on any atom is -0.339 e. The summed E-state index contributed by atoms with van der Waals surface area (Å²) in [6.45, 7) is 0. The molecule has 2 aromatic rings. The van der Waals surface area contributed by atoms with E-state index in [2.05, 4.69) is 10.1 Å². The van der Waals surface area contributed by atoms with Gasteiger partial charge in [-0.2, -0.15) is 4.98 Å². The van der Waals surface area contributed by atoms with E-state index in [1.807, 2.05) is 0 Å². The Morgan fingerprint density at radius 2 is 2.06 bits per heavy atom. The molecule has 0 aliphatic heterocycles. The SMILES string of the molecule is Fc1ccccc1-c1noc(C2CCC2)n1. The van der Waals surface area contributed by atoms with E-state index in [0.717, 1.165) is 12.8 Å². The lowest BCUT2D eigenvalue weighted by molar-refractivity contribution is 0.292. The predicted molar refractivity (Wildman–Crippen MR) is 56.3 cm³/mol. The van der Waals surface area contributed by atoms with Crippen LogP contribution in [0.25, 0.3) is 11.4 Å². The number of rotatable bonds is 2. The fourth-order valence-electron chi connectivity index (χ4n) is 1.81. The van der Waals surface area contributed by atoms with Crippen molar-refractivity contribution in [2.45, 2.75) is 25.2 Å². The summed E-state index contributed by atoms with van der Waals surface area (Å²) in [4.78, 5) is 4.25. The second-order valence-electron chi connectivity index (χ2n) is 4.06. The van der Waals surface area contributed by atoms with Crippen molar-refractivity contribution in [1.29, 1.82) is 0 Å². The Balaban J connectivity index is 1.95. The summed E-state index contributed by atoms with van der Waals surface area (Å²) < 4.78 is 18.6. The van der Waals surface area contributed by atoms with Crippen molar-refractivity contribution >= 4 is 0 Å².